The van der Waals surface area contributed by atoms with Crippen LogP contribution < -0.4 is 0 Å². The van der Waals surface area contributed by atoms with Crippen molar-refractivity contribution in [2.24, 2.45) is 0 Å². The molecular formula is C14H22FN5O3. The maximum Gasteiger partial charge on any atom is 0.275 e. The van der Waals surface area contributed by atoms with Gasteiger partial charge in [-0.15, -0.1) is 5.10 Å². The molecule has 1 aromatic heterocycles. The fourth-order valence-electron chi connectivity index (χ4n) is 2.54. The van der Waals surface area contributed by atoms with Crippen molar-refractivity contribution >= 4 is 11.8 Å². The second-order valence-corrected chi connectivity index (χ2v) is 5.70. The normalized spacial score (nSPS) is 20.8. The lowest BCUT2D eigenvalue weighted by atomic mass is 10.2. The quantitative estimate of drug-likeness (QED) is 0.732. The van der Waals surface area contributed by atoms with Crippen molar-refractivity contribution in [1.82, 2.24) is 24.8 Å². The van der Waals surface area contributed by atoms with Gasteiger partial charge in [-0.3, -0.25) is 9.59 Å². The first-order valence-corrected chi connectivity index (χ1v) is 7.55. The van der Waals surface area contributed by atoms with Crippen LogP contribution in [0, 0.1) is 0 Å². The number of hydrogen-bond donors (Lipinski definition) is 0. The Kier molecular flexibility index (Phi) is 5.64. The third-order valence-corrected chi connectivity index (χ3v) is 3.68. The second-order valence-electron chi connectivity index (χ2n) is 5.70. The zero-order valence-corrected chi connectivity index (χ0v) is 13.6. The number of rotatable bonds is 6. The van der Waals surface area contributed by atoms with E-state index in [2.05, 4.69) is 10.3 Å². The predicted molar refractivity (Wildman–Crippen MR) is 79.5 cm³/mol. The second kappa shape index (κ2) is 7.49. The number of nitrogens with zero attached hydrogens (tertiary/aromatic N) is 5. The SMILES string of the molecule is CCOCC(=O)N1C[C@@H](F)C[C@H]1Cn1cc(C(=O)N(C)C)nn1. The van der Waals surface area contributed by atoms with Gasteiger partial charge in [0.05, 0.1) is 25.3 Å². The van der Waals surface area contributed by atoms with Crippen LogP contribution in [-0.4, -0.2) is 82.7 Å². The van der Waals surface area contributed by atoms with E-state index in [-0.39, 0.29) is 43.1 Å². The zero-order chi connectivity index (χ0) is 17.0. The molecular weight excluding hydrogens is 305 g/mol. The molecule has 128 valence electrons. The van der Waals surface area contributed by atoms with Crippen molar-refractivity contribution in [2.45, 2.75) is 32.1 Å². The Labute approximate surface area is 134 Å². The summed E-state index contributed by atoms with van der Waals surface area (Å²) < 4.78 is 20.3. The lowest BCUT2D eigenvalue weighted by Crippen LogP contribution is -2.40. The average Bonchev–Trinajstić information content (AvgIpc) is 3.11. The molecule has 8 nitrogen and oxygen atoms in total. The van der Waals surface area contributed by atoms with E-state index in [4.69, 9.17) is 4.74 Å². The van der Waals surface area contributed by atoms with Crippen molar-refractivity contribution < 1.29 is 18.7 Å². The topological polar surface area (TPSA) is 80.6 Å². The average molecular weight is 327 g/mol. The summed E-state index contributed by atoms with van der Waals surface area (Å²) in [6.45, 7) is 2.54. The van der Waals surface area contributed by atoms with Crippen molar-refractivity contribution in [3.05, 3.63) is 11.9 Å². The number of hydrogen-bond acceptors (Lipinski definition) is 5. The van der Waals surface area contributed by atoms with E-state index in [1.165, 1.54) is 20.7 Å². The Bertz CT molecular complexity index is 562. The molecule has 9 heteroatoms. The van der Waals surface area contributed by atoms with Crippen molar-refractivity contribution in [2.75, 3.05) is 33.9 Å². The van der Waals surface area contributed by atoms with Crippen molar-refractivity contribution in [1.29, 1.82) is 0 Å². The van der Waals surface area contributed by atoms with Gasteiger partial charge in [-0.2, -0.15) is 0 Å². The summed E-state index contributed by atoms with van der Waals surface area (Å²) in [5.41, 5.74) is 0.219. The highest BCUT2D eigenvalue weighted by molar-refractivity contribution is 5.91. The zero-order valence-electron chi connectivity index (χ0n) is 13.6. The van der Waals surface area contributed by atoms with Gasteiger partial charge < -0.3 is 14.5 Å². The standard InChI is InChI=1S/C14H22FN5O3/c1-4-23-9-13(21)20-6-10(15)5-11(20)7-19-8-12(16-17-19)14(22)18(2)3/h8,10-11H,4-7,9H2,1-3H3/t10-,11-/m0/s1. The summed E-state index contributed by atoms with van der Waals surface area (Å²) in [5, 5.41) is 7.71. The first-order valence-electron chi connectivity index (χ1n) is 7.55. The molecule has 0 N–H and O–H groups in total. The largest absolute Gasteiger partial charge is 0.372 e. The molecule has 1 aliphatic rings. The smallest absolute Gasteiger partial charge is 0.275 e. The molecule has 1 saturated heterocycles. The highest BCUT2D eigenvalue weighted by Gasteiger charge is 2.35. The van der Waals surface area contributed by atoms with Gasteiger partial charge in [-0.05, 0) is 6.92 Å². The summed E-state index contributed by atoms with van der Waals surface area (Å²) in [5.74, 6) is -0.489. The fraction of sp³-hybridized carbons (Fsp3) is 0.714. The summed E-state index contributed by atoms with van der Waals surface area (Å²) in [6.07, 6.45) is 0.699. The molecule has 23 heavy (non-hydrogen) atoms. The Morgan fingerprint density at radius 1 is 1.48 bits per heavy atom. The van der Waals surface area contributed by atoms with Gasteiger partial charge in [0.1, 0.15) is 12.8 Å². The summed E-state index contributed by atoms with van der Waals surface area (Å²) in [6, 6.07) is -0.318. The highest BCUT2D eigenvalue weighted by atomic mass is 19.1. The number of carbonyl (C=O) groups is 2. The van der Waals surface area contributed by atoms with Gasteiger partial charge in [-0.25, -0.2) is 9.07 Å². The van der Waals surface area contributed by atoms with Crippen LogP contribution in [0.1, 0.15) is 23.8 Å². The van der Waals surface area contributed by atoms with E-state index in [0.29, 0.717) is 13.2 Å². The first kappa shape index (κ1) is 17.3. The van der Waals surface area contributed by atoms with Crippen LogP contribution in [0.25, 0.3) is 0 Å². The van der Waals surface area contributed by atoms with E-state index < -0.39 is 6.17 Å². The number of alkyl halides is 1. The fourth-order valence-corrected chi connectivity index (χ4v) is 2.54. The van der Waals surface area contributed by atoms with Crippen molar-refractivity contribution in [3.8, 4) is 0 Å². The minimum absolute atomic E-state index is 0.0541. The molecule has 2 rings (SSSR count). The van der Waals surface area contributed by atoms with Crippen molar-refractivity contribution in [3.63, 3.8) is 0 Å². The van der Waals surface area contributed by atoms with Crippen LogP contribution in [0.2, 0.25) is 0 Å². The van der Waals surface area contributed by atoms with Crippen LogP contribution in [0.3, 0.4) is 0 Å². The Morgan fingerprint density at radius 2 is 2.22 bits per heavy atom. The number of likely N-dealkylation sites (tertiary alicyclic amines) is 1. The molecule has 0 aliphatic carbocycles. The Morgan fingerprint density at radius 3 is 2.87 bits per heavy atom. The van der Waals surface area contributed by atoms with Gasteiger partial charge in [0.2, 0.25) is 5.91 Å². The molecule has 0 aromatic carbocycles. The molecule has 2 heterocycles. The van der Waals surface area contributed by atoms with Crippen LogP contribution in [0.4, 0.5) is 4.39 Å². The number of amides is 2. The maximum atomic E-state index is 13.7. The van der Waals surface area contributed by atoms with Gasteiger partial charge in [0, 0.05) is 27.1 Å². The van der Waals surface area contributed by atoms with E-state index in [1.54, 1.807) is 21.0 Å². The van der Waals surface area contributed by atoms with Gasteiger partial charge in [0.15, 0.2) is 5.69 Å². The van der Waals surface area contributed by atoms with E-state index in [0.717, 1.165) is 0 Å². The molecule has 1 fully saturated rings. The molecule has 0 bridgehead atoms. The lowest BCUT2D eigenvalue weighted by molar-refractivity contribution is -0.137. The van der Waals surface area contributed by atoms with E-state index >= 15 is 0 Å². The van der Waals surface area contributed by atoms with Crippen LogP contribution in [-0.2, 0) is 16.1 Å². The molecule has 0 spiro atoms. The summed E-state index contributed by atoms with van der Waals surface area (Å²) in [4.78, 5) is 26.8. The van der Waals surface area contributed by atoms with Gasteiger partial charge >= 0.3 is 0 Å². The van der Waals surface area contributed by atoms with Crippen LogP contribution in [0.15, 0.2) is 6.20 Å². The first-order chi connectivity index (χ1) is 10.9. The van der Waals surface area contributed by atoms with Gasteiger partial charge in [0.25, 0.3) is 5.91 Å². The van der Waals surface area contributed by atoms with E-state index in [1.807, 2.05) is 0 Å². The predicted octanol–water partition coefficient (Wildman–Crippen LogP) is -0.0446. The molecule has 0 saturated carbocycles. The Balaban J connectivity index is 2.02. The number of aromatic nitrogens is 3. The Hall–Kier alpha value is -2.03. The molecule has 2 atom stereocenters. The van der Waals surface area contributed by atoms with Gasteiger partial charge in [-0.1, -0.05) is 5.21 Å². The highest BCUT2D eigenvalue weighted by Crippen LogP contribution is 2.22. The summed E-state index contributed by atoms with van der Waals surface area (Å²) >= 11 is 0. The molecule has 1 aliphatic heterocycles. The van der Waals surface area contributed by atoms with Crippen LogP contribution in [0.5, 0.6) is 0 Å². The maximum absolute atomic E-state index is 13.7. The third kappa shape index (κ3) is 4.25. The molecule has 1 aromatic rings. The molecule has 0 radical (unpaired) electrons. The lowest BCUT2D eigenvalue weighted by Gasteiger charge is -2.23. The molecule has 2 amide bonds. The minimum Gasteiger partial charge on any atom is -0.372 e. The number of ether oxygens (including phenoxy) is 1. The number of halogens is 1. The minimum atomic E-state index is -1.06. The monoisotopic (exact) mass is 327 g/mol. The number of carbonyl (C=O) groups excluding carboxylic acids is 2. The summed E-state index contributed by atoms with van der Waals surface area (Å²) in [7, 11) is 3.25. The van der Waals surface area contributed by atoms with Crippen LogP contribution >= 0.6 is 0 Å². The third-order valence-electron chi connectivity index (χ3n) is 3.68. The van der Waals surface area contributed by atoms with E-state index in [9.17, 15) is 14.0 Å². The molecule has 0 unspecified atom stereocenters.